The van der Waals surface area contributed by atoms with Crippen molar-refractivity contribution in [1.29, 1.82) is 0 Å². The Kier molecular flexibility index (Phi) is 8.51. The summed E-state index contributed by atoms with van der Waals surface area (Å²) in [6, 6.07) is 26.1. The smallest absolute Gasteiger partial charge is 0.251 e. The van der Waals surface area contributed by atoms with Crippen LogP contribution in [-0.2, 0) is 13.0 Å². The average Bonchev–Trinajstić information content (AvgIpc) is 2.91. The van der Waals surface area contributed by atoms with Crippen LogP contribution in [0.4, 0.5) is 5.82 Å². The summed E-state index contributed by atoms with van der Waals surface area (Å²) in [5.74, 6) is 0.514. The van der Waals surface area contributed by atoms with Gasteiger partial charge in [-0.2, -0.15) is 0 Å². The van der Waals surface area contributed by atoms with Crippen molar-refractivity contribution in [2.45, 2.75) is 32.0 Å². The molecule has 0 spiro atoms. The van der Waals surface area contributed by atoms with Crippen LogP contribution in [0.5, 0.6) is 5.75 Å². The number of phenolic OH excluding ortho intramolecular Hbond substituents is 1. The van der Waals surface area contributed by atoms with Gasteiger partial charge in [-0.15, -0.1) is 0 Å². The lowest BCUT2D eigenvalue weighted by molar-refractivity contribution is 0.0950. The quantitative estimate of drug-likeness (QED) is 0.224. The molecule has 4 aromatic rings. The van der Waals surface area contributed by atoms with E-state index < -0.39 is 6.10 Å². The number of aliphatic hydroxyl groups excluding tert-OH is 1. The molecule has 6 N–H and O–H groups in total. The van der Waals surface area contributed by atoms with Crippen LogP contribution in [0.2, 0.25) is 0 Å². The molecular weight excluding hydrogens is 464 g/mol. The number of aliphatic hydroxyl groups is 1. The molecule has 37 heavy (non-hydrogen) atoms. The van der Waals surface area contributed by atoms with E-state index in [-0.39, 0.29) is 17.7 Å². The van der Waals surface area contributed by atoms with Crippen molar-refractivity contribution < 1.29 is 15.0 Å². The van der Waals surface area contributed by atoms with Crippen molar-refractivity contribution in [3.8, 4) is 16.9 Å². The highest BCUT2D eigenvalue weighted by atomic mass is 16.3. The van der Waals surface area contributed by atoms with E-state index in [1.165, 1.54) is 0 Å². The molecular formula is C30H32N4O3. The topological polar surface area (TPSA) is 120 Å². The predicted octanol–water partition coefficient (Wildman–Crippen LogP) is 4.22. The average molecular weight is 497 g/mol. The molecule has 2 atom stereocenters. The summed E-state index contributed by atoms with van der Waals surface area (Å²) in [6.07, 6.45) is 1.61. The number of nitrogens with zero attached hydrogens (tertiary/aromatic N) is 1. The van der Waals surface area contributed by atoms with Crippen LogP contribution in [-0.4, -0.2) is 33.7 Å². The number of hydrogen-bond donors (Lipinski definition) is 5. The number of nitrogens with one attached hydrogen (secondary N) is 2. The number of anilines is 1. The molecule has 7 heteroatoms. The minimum atomic E-state index is -0.680. The third-order valence-electron chi connectivity index (χ3n) is 6.17. The van der Waals surface area contributed by atoms with E-state index in [2.05, 4.69) is 15.6 Å². The highest BCUT2D eigenvalue weighted by molar-refractivity contribution is 5.94. The minimum absolute atomic E-state index is 0.0948. The van der Waals surface area contributed by atoms with Gasteiger partial charge in [-0.3, -0.25) is 4.79 Å². The SMILES string of the molecule is C[C@H](Cc1cccc(C(=O)NCc2cccc(-c3ccc(O)cc3)c2)c1)NC[C@H](O)c1ccc(N)nc1. The molecule has 1 aromatic heterocycles. The molecule has 4 rings (SSSR count). The molecule has 190 valence electrons. The molecule has 0 aliphatic rings. The Balaban J connectivity index is 1.30. The lowest BCUT2D eigenvalue weighted by Crippen LogP contribution is -2.32. The number of aromatic hydroxyl groups is 1. The highest BCUT2D eigenvalue weighted by Crippen LogP contribution is 2.23. The summed E-state index contributed by atoms with van der Waals surface area (Å²) in [4.78, 5) is 16.9. The summed E-state index contributed by atoms with van der Waals surface area (Å²) in [5.41, 5.74) is 11.0. The highest BCUT2D eigenvalue weighted by Gasteiger charge is 2.12. The first-order valence-electron chi connectivity index (χ1n) is 12.3. The Labute approximate surface area is 217 Å². The van der Waals surface area contributed by atoms with Gasteiger partial charge in [-0.05, 0) is 72.0 Å². The first-order chi connectivity index (χ1) is 17.9. The monoisotopic (exact) mass is 496 g/mol. The number of phenols is 1. The van der Waals surface area contributed by atoms with Gasteiger partial charge < -0.3 is 26.6 Å². The van der Waals surface area contributed by atoms with E-state index in [0.717, 1.165) is 22.3 Å². The number of hydrogen-bond acceptors (Lipinski definition) is 6. The number of nitrogen functional groups attached to an aromatic ring is 1. The fourth-order valence-electron chi connectivity index (χ4n) is 4.11. The zero-order valence-corrected chi connectivity index (χ0v) is 20.8. The van der Waals surface area contributed by atoms with Crippen molar-refractivity contribution in [1.82, 2.24) is 15.6 Å². The number of carbonyl (C=O) groups excluding carboxylic acids is 1. The maximum Gasteiger partial charge on any atom is 0.251 e. The molecule has 0 bridgehead atoms. The van der Waals surface area contributed by atoms with Crippen molar-refractivity contribution in [3.63, 3.8) is 0 Å². The number of benzene rings is 3. The zero-order valence-electron chi connectivity index (χ0n) is 20.8. The molecule has 0 radical (unpaired) electrons. The van der Waals surface area contributed by atoms with E-state index in [0.29, 0.717) is 36.5 Å². The van der Waals surface area contributed by atoms with Crippen LogP contribution in [0.25, 0.3) is 11.1 Å². The van der Waals surface area contributed by atoms with E-state index in [1.54, 1.807) is 30.5 Å². The molecule has 0 saturated carbocycles. The standard InChI is InChI=1S/C30H32N4O3/c1-20(32-19-28(36)26-10-13-29(31)33-18-26)14-21-4-2-7-25(15-21)30(37)34-17-22-5-3-6-24(16-22)23-8-11-27(35)12-9-23/h2-13,15-16,18,20,28,32,35-36H,14,17,19H2,1H3,(H2,31,33)(H,34,37)/t20-,28+/m1/s1. The third kappa shape index (κ3) is 7.39. The number of pyridine rings is 1. The van der Waals surface area contributed by atoms with Gasteiger partial charge >= 0.3 is 0 Å². The van der Waals surface area contributed by atoms with Gasteiger partial charge in [0.25, 0.3) is 5.91 Å². The predicted molar refractivity (Wildman–Crippen MR) is 146 cm³/mol. The Hall–Kier alpha value is -4.20. The molecule has 7 nitrogen and oxygen atoms in total. The summed E-state index contributed by atoms with van der Waals surface area (Å²) in [5, 5.41) is 26.2. The van der Waals surface area contributed by atoms with E-state index in [1.807, 2.05) is 67.6 Å². The van der Waals surface area contributed by atoms with Crippen molar-refractivity contribution in [3.05, 3.63) is 113 Å². The number of carbonyl (C=O) groups is 1. The largest absolute Gasteiger partial charge is 0.508 e. The summed E-state index contributed by atoms with van der Waals surface area (Å²) < 4.78 is 0. The maximum atomic E-state index is 12.8. The number of rotatable bonds is 10. The van der Waals surface area contributed by atoms with Gasteiger partial charge in [0.2, 0.25) is 0 Å². The molecule has 3 aromatic carbocycles. The molecule has 1 amide bonds. The van der Waals surface area contributed by atoms with E-state index in [9.17, 15) is 15.0 Å². The van der Waals surface area contributed by atoms with Gasteiger partial charge in [0, 0.05) is 36.5 Å². The Morgan fingerprint density at radius 1 is 0.946 bits per heavy atom. The molecule has 0 saturated heterocycles. The summed E-state index contributed by atoms with van der Waals surface area (Å²) >= 11 is 0. The summed E-state index contributed by atoms with van der Waals surface area (Å²) in [6.45, 7) is 2.84. The van der Waals surface area contributed by atoms with Crippen LogP contribution >= 0.6 is 0 Å². The van der Waals surface area contributed by atoms with Crippen LogP contribution in [0.3, 0.4) is 0 Å². The van der Waals surface area contributed by atoms with Gasteiger partial charge in [0.15, 0.2) is 0 Å². The van der Waals surface area contributed by atoms with Crippen molar-refractivity contribution >= 4 is 11.7 Å². The Morgan fingerprint density at radius 3 is 2.46 bits per heavy atom. The maximum absolute atomic E-state index is 12.8. The first-order valence-corrected chi connectivity index (χ1v) is 12.3. The third-order valence-corrected chi connectivity index (χ3v) is 6.17. The van der Waals surface area contributed by atoms with E-state index >= 15 is 0 Å². The van der Waals surface area contributed by atoms with Gasteiger partial charge in [-0.25, -0.2) is 4.98 Å². The molecule has 0 aliphatic carbocycles. The first kappa shape index (κ1) is 25.9. The Morgan fingerprint density at radius 2 is 1.70 bits per heavy atom. The fraction of sp³-hybridized carbons (Fsp3) is 0.200. The van der Waals surface area contributed by atoms with Crippen LogP contribution in [0.15, 0.2) is 91.1 Å². The zero-order chi connectivity index (χ0) is 26.2. The summed E-state index contributed by atoms with van der Waals surface area (Å²) in [7, 11) is 0. The second-order valence-corrected chi connectivity index (χ2v) is 9.18. The molecule has 1 heterocycles. The van der Waals surface area contributed by atoms with E-state index in [4.69, 9.17) is 5.73 Å². The van der Waals surface area contributed by atoms with Crippen molar-refractivity contribution in [2.75, 3.05) is 12.3 Å². The molecule has 0 fully saturated rings. The molecule has 0 aliphatic heterocycles. The fourth-order valence-corrected chi connectivity index (χ4v) is 4.11. The number of amides is 1. The normalized spacial score (nSPS) is 12.6. The minimum Gasteiger partial charge on any atom is -0.508 e. The second-order valence-electron chi connectivity index (χ2n) is 9.18. The number of aromatic nitrogens is 1. The lowest BCUT2D eigenvalue weighted by Gasteiger charge is -2.18. The number of nitrogens with two attached hydrogens (primary N) is 1. The van der Waals surface area contributed by atoms with Crippen LogP contribution in [0.1, 0.15) is 40.1 Å². The van der Waals surface area contributed by atoms with Crippen LogP contribution in [0, 0.1) is 0 Å². The second kappa shape index (κ2) is 12.2. The van der Waals surface area contributed by atoms with Crippen molar-refractivity contribution in [2.24, 2.45) is 0 Å². The Bertz CT molecular complexity index is 1320. The molecule has 0 unspecified atom stereocenters. The van der Waals surface area contributed by atoms with Gasteiger partial charge in [0.1, 0.15) is 11.6 Å². The van der Waals surface area contributed by atoms with Crippen LogP contribution < -0.4 is 16.4 Å². The van der Waals surface area contributed by atoms with Gasteiger partial charge in [0.05, 0.1) is 6.10 Å². The van der Waals surface area contributed by atoms with Gasteiger partial charge in [-0.1, -0.05) is 48.5 Å². The lowest BCUT2D eigenvalue weighted by atomic mass is 10.0.